The van der Waals surface area contributed by atoms with Gasteiger partial charge < -0.3 is 15.0 Å². The molecule has 0 aliphatic heterocycles. The number of hydrogen-bond donors (Lipinski definition) is 1. The highest BCUT2D eigenvalue weighted by Crippen LogP contribution is 2.44. The molecule has 0 heterocycles. The van der Waals surface area contributed by atoms with Gasteiger partial charge in [0.2, 0.25) is 0 Å². The quantitative estimate of drug-likeness (QED) is 0.888. The van der Waals surface area contributed by atoms with E-state index in [0.717, 1.165) is 29.4 Å². The Balaban J connectivity index is 2.03. The molecule has 1 aromatic carbocycles. The first kappa shape index (κ1) is 15.5. The van der Waals surface area contributed by atoms with E-state index in [4.69, 9.17) is 16.3 Å². The summed E-state index contributed by atoms with van der Waals surface area (Å²) in [5.74, 6) is 0. The van der Waals surface area contributed by atoms with Crippen molar-refractivity contribution in [3.63, 3.8) is 0 Å². The molecule has 2 rings (SSSR count). The predicted molar refractivity (Wildman–Crippen MR) is 87.0 cm³/mol. The number of nitrogens with zero attached hydrogens (tertiary/aromatic N) is 1. The van der Waals surface area contributed by atoms with Gasteiger partial charge in [0, 0.05) is 37.8 Å². The lowest BCUT2D eigenvalue weighted by Crippen LogP contribution is -2.58. The summed E-state index contributed by atoms with van der Waals surface area (Å²) in [6, 6.07) is 6.57. The predicted octanol–water partition coefficient (Wildman–Crippen LogP) is 4.02. The lowest BCUT2D eigenvalue weighted by atomic mass is 9.64. The third kappa shape index (κ3) is 2.89. The highest BCUT2D eigenvalue weighted by molar-refractivity contribution is 6.33. The van der Waals surface area contributed by atoms with E-state index in [1.807, 2.05) is 25.1 Å². The number of halogens is 1. The molecule has 3 nitrogen and oxygen atoms in total. The highest BCUT2D eigenvalue weighted by Gasteiger charge is 2.48. The van der Waals surface area contributed by atoms with Gasteiger partial charge in [0.15, 0.2) is 0 Å². The third-order valence-corrected chi connectivity index (χ3v) is 4.62. The van der Waals surface area contributed by atoms with Crippen LogP contribution in [0.2, 0.25) is 5.02 Å². The lowest BCUT2D eigenvalue weighted by Gasteiger charge is -2.52. The summed E-state index contributed by atoms with van der Waals surface area (Å²) >= 11 is 6.31. The van der Waals surface area contributed by atoms with Crippen LogP contribution in [0.25, 0.3) is 0 Å². The van der Waals surface area contributed by atoms with Gasteiger partial charge in [-0.3, -0.25) is 0 Å². The van der Waals surface area contributed by atoms with Crippen molar-refractivity contribution in [2.24, 2.45) is 5.41 Å². The van der Waals surface area contributed by atoms with Gasteiger partial charge in [-0.25, -0.2) is 0 Å². The van der Waals surface area contributed by atoms with E-state index in [2.05, 4.69) is 38.2 Å². The van der Waals surface area contributed by atoms with E-state index in [9.17, 15) is 0 Å². The minimum Gasteiger partial charge on any atom is -0.382 e. The first-order valence-electron chi connectivity index (χ1n) is 7.21. The summed E-state index contributed by atoms with van der Waals surface area (Å²) in [5.41, 5.74) is 2.27. The maximum absolute atomic E-state index is 6.31. The van der Waals surface area contributed by atoms with Crippen LogP contribution in [0.5, 0.6) is 0 Å². The largest absolute Gasteiger partial charge is 0.382 e. The molecule has 1 aromatic rings. The van der Waals surface area contributed by atoms with Crippen LogP contribution < -0.4 is 10.2 Å². The fourth-order valence-electron chi connectivity index (χ4n) is 2.77. The normalized spacial score (nSPS) is 24.1. The number of nitrogens with one attached hydrogen (secondary N) is 1. The SMILES string of the molecule is CCOC1CC(Nc2ccc(N(C)C)c(Cl)c2)C1(C)C. The Morgan fingerprint density at radius 1 is 1.40 bits per heavy atom. The maximum atomic E-state index is 6.31. The maximum Gasteiger partial charge on any atom is 0.0665 e. The molecule has 1 aliphatic rings. The Labute approximate surface area is 127 Å². The summed E-state index contributed by atoms with van der Waals surface area (Å²) in [4.78, 5) is 2.02. The molecule has 1 aliphatic carbocycles. The van der Waals surface area contributed by atoms with Gasteiger partial charge in [-0.1, -0.05) is 25.4 Å². The molecule has 2 unspecified atom stereocenters. The van der Waals surface area contributed by atoms with E-state index < -0.39 is 0 Å². The average Bonchev–Trinajstić information content (AvgIpc) is 2.37. The van der Waals surface area contributed by atoms with Crippen LogP contribution in [0.15, 0.2) is 18.2 Å². The van der Waals surface area contributed by atoms with Crippen molar-refractivity contribution in [3.05, 3.63) is 23.2 Å². The van der Waals surface area contributed by atoms with Gasteiger partial charge in [0.1, 0.15) is 0 Å². The lowest BCUT2D eigenvalue weighted by molar-refractivity contribution is -0.0975. The highest BCUT2D eigenvalue weighted by atomic mass is 35.5. The topological polar surface area (TPSA) is 24.5 Å². The smallest absolute Gasteiger partial charge is 0.0665 e. The first-order chi connectivity index (χ1) is 9.36. The zero-order valence-electron chi connectivity index (χ0n) is 13.0. The Bertz CT molecular complexity index is 474. The van der Waals surface area contributed by atoms with Crippen LogP contribution in [-0.2, 0) is 4.74 Å². The van der Waals surface area contributed by atoms with E-state index >= 15 is 0 Å². The molecular formula is C16H25ClN2O. The zero-order chi connectivity index (χ0) is 14.9. The summed E-state index contributed by atoms with van der Waals surface area (Å²) in [7, 11) is 3.99. The second-order valence-electron chi connectivity index (χ2n) is 6.26. The molecule has 0 bridgehead atoms. The number of hydrogen-bond acceptors (Lipinski definition) is 3. The molecule has 1 saturated carbocycles. The van der Waals surface area contributed by atoms with Crippen LogP contribution in [0, 0.1) is 5.41 Å². The van der Waals surface area contributed by atoms with Gasteiger partial charge >= 0.3 is 0 Å². The second-order valence-corrected chi connectivity index (χ2v) is 6.67. The molecule has 0 amide bonds. The summed E-state index contributed by atoms with van der Waals surface area (Å²) in [5, 5.41) is 4.36. The second kappa shape index (κ2) is 5.82. The molecule has 20 heavy (non-hydrogen) atoms. The summed E-state index contributed by atoms with van der Waals surface area (Å²) in [6.45, 7) is 7.34. The van der Waals surface area contributed by atoms with Crippen LogP contribution in [0.4, 0.5) is 11.4 Å². The van der Waals surface area contributed by atoms with E-state index in [0.29, 0.717) is 12.1 Å². The molecule has 1 fully saturated rings. The molecule has 0 radical (unpaired) electrons. The molecule has 4 heteroatoms. The molecule has 0 saturated heterocycles. The number of rotatable bonds is 5. The van der Waals surface area contributed by atoms with E-state index in [1.165, 1.54) is 0 Å². The third-order valence-electron chi connectivity index (χ3n) is 4.32. The Morgan fingerprint density at radius 2 is 2.10 bits per heavy atom. The van der Waals surface area contributed by atoms with Crippen molar-refractivity contribution >= 4 is 23.0 Å². The molecule has 0 spiro atoms. The Morgan fingerprint density at radius 3 is 2.60 bits per heavy atom. The molecule has 0 aromatic heterocycles. The van der Waals surface area contributed by atoms with Crippen molar-refractivity contribution in [2.45, 2.75) is 39.3 Å². The number of ether oxygens (including phenoxy) is 1. The van der Waals surface area contributed by atoms with E-state index in [1.54, 1.807) is 0 Å². The van der Waals surface area contributed by atoms with Gasteiger partial charge in [-0.15, -0.1) is 0 Å². The Hall–Kier alpha value is -0.930. The van der Waals surface area contributed by atoms with Crippen LogP contribution >= 0.6 is 11.6 Å². The summed E-state index contributed by atoms with van der Waals surface area (Å²) in [6.07, 6.45) is 1.40. The fraction of sp³-hybridized carbons (Fsp3) is 0.625. The standard InChI is InChI=1S/C16H25ClN2O/c1-6-20-15-10-14(16(15,2)3)18-11-7-8-13(19(4)5)12(17)9-11/h7-9,14-15,18H,6,10H2,1-5H3. The van der Waals surface area contributed by atoms with Gasteiger partial charge in [-0.05, 0) is 31.5 Å². The van der Waals surface area contributed by atoms with Crippen LogP contribution in [0.1, 0.15) is 27.2 Å². The minimum absolute atomic E-state index is 0.155. The van der Waals surface area contributed by atoms with E-state index in [-0.39, 0.29) is 5.41 Å². The molecule has 1 N–H and O–H groups in total. The van der Waals surface area contributed by atoms with Crippen molar-refractivity contribution in [1.29, 1.82) is 0 Å². The van der Waals surface area contributed by atoms with Gasteiger partial charge in [0.25, 0.3) is 0 Å². The molecule has 2 atom stereocenters. The summed E-state index contributed by atoms with van der Waals surface area (Å²) < 4.78 is 5.76. The van der Waals surface area contributed by atoms with Crippen LogP contribution in [-0.4, -0.2) is 32.8 Å². The van der Waals surface area contributed by atoms with Crippen molar-refractivity contribution in [2.75, 3.05) is 30.9 Å². The van der Waals surface area contributed by atoms with Gasteiger partial charge in [-0.2, -0.15) is 0 Å². The molecular weight excluding hydrogens is 272 g/mol. The van der Waals surface area contributed by atoms with Crippen molar-refractivity contribution < 1.29 is 4.74 Å². The Kier molecular flexibility index (Phi) is 4.50. The fourth-order valence-corrected chi connectivity index (χ4v) is 3.12. The minimum atomic E-state index is 0.155. The van der Waals surface area contributed by atoms with Crippen molar-refractivity contribution in [1.82, 2.24) is 0 Å². The zero-order valence-corrected chi connectivity index (χ0v) is 13.8. The van der Waals surface area contributed by atoms with Crippen molar-refractivity contribution in [3.8, 4) is 0 Å². The molecule has 112 valence electrons. The van der Waals surface area contributed by atoms with Gasteiger partial charge in [0.05, 0.1) is 16.8 Å². The van der Waals surface area contributed by atoms with Crippen LogP contribution in [0.3, 0.4) is 0 Å². The number of benzene rings is 1. The first-order valence-corrected chi connectivity index (χ1v) is 7.59. The number of anilines is 2. The average molecular weight is 297 g/mol. The monoisotopic (exact) mass is 296 g/mol.